The fourth-order valence-corrected chi connectivity index (χ4v) is 2.24. The average molecular weight is 302 g/mol. The van der Waals surface area contributed by atoms with Crippen molar-refractivity contribution in [1.82, 2.24) is 5.32 Å². The zero-order valence-corrected chi connectivity index (χ0v) is 12.1. The normalized spacial score (nSPS) is 14.4. The maximum absolute atomic E-state index is 8.98. The van der Waals surface area contributed by atoms with Gasteiger partial charge in [0.2, 0.25) is 0 Å². The molecule has 2 N–H and O–H groups in total. The Hall–Kier alpha value is -0.580. The lowest BCUT2D eigenvalue weighted by Gasteiger charge is -2.18. The number of hydrogen-bond donors (Lipinski definition) is 2. The summed E-state index contributed by atoms with van der Waals surface area (Å²) in [5, 5.41) is 12.4. The predicted octanol–water partition coefficient (Wildman–Crippen LogP) is 2.74. The molecule has 0 spiro atoms. The first-order valence-electron chi connectivity index (χ1n) is 5.76. The number of aliphatic hydroxyl groups is 1. The molecule has 17 heavy (non-hydrogen) atoms. The highest BCUT2D eigenvalue weighted by atomic mass is 79.9. The minimum absolute atomic E-state index is 0.212. The molecule has 0 heterocycles. The van der Waals surface area contributed by atoms with Gasteiger partial charge in [0.05, 0.1) is 7.11 Å². The molecule has 0 saturated carbocycles. The number of hydrogen-bond acceptors (Lipinski definition) is 3. The topological polar surface area (TPSA) is 41.5 Å². The van der Waals surface area contributed by atoms with E-state index in [-0.39, 0.29) is 18.6 Å². The van der Waals surface area contributed by atoms with Gasteiger partial charge in [-0.25, -0.2) is 0 Å². The Labute approximate surface area is 111 Å². The van der Waals surface area contributed by atoms with Gasteiger partial charge in [-0.3, -0.25) is 0 Å². The number of rotatable bonds is 6. The van der Waals surface area contributed by atoms with Gasteiger partial charge >= 0.3 is 0 Å². The highest BCUT2D eigenvalue weighted by molar-refractivity contribution is 9.10. The average Bonchev–Trinajstić information content (AvgIpc) is 2.35. The molecule has 4 heteroatoms. The lowest BCUT2D eigenvalue weighted by Crippen LogP contribution is -2.26. The molecule has 0 fully saturated rings. The summed E-state index contributed by atoms with van der Waals surface area (Å²) in [6.45, 7) is 5.14. The van der Waals surface area contributed by atoms with Crippen molar-refractivity contribution < 1.29 is 9.84 Å². The summed E-state index contributed by atoms with van der Waals surface area (Å²) in [5.74, 6) is 1.12. The molecule has 3 nitrogen and oxygen atoms in total. The van der Waals surface area contributed by atoms with E-state index in [1.54, 1.807) is 7.11 Å². The van der Waals surface area contributed by atoms with Crippen LogP contribution in [0.4, 0.5) is 0 Å². The van der Waals surface area contributed by atoms with Gasteiger partial charge < -0.3 is 15.2 Å². The maximum Gasteiger partial charge on any atom is 0.120 e. The standard InChI is InChI=1S/C13H20BrNO2/c1-9(8-16)7-15-10(2)12-5-4-11(17-3)6-13(12)14/h4-6,9-10,15-16H,7-8H2,1-3H3. The van der Waals surface area contributed by atoms with Crippen LogP contribution in [0.25, 0.3) is 0 Å². The highest BCUT2D eigenvalue weighted by Gasteiger charge is 2.10. The Balaban J connectivity index is 2.65. The molecule has 0 aliphatic rings. The third kappa shape index (κ3) is 4.30. The molecule has 1 aromatic carbocycles. The second-order valence-electron chi connectivity index (χ2n) is 4.31. The number of ether oxygens (including phenoxy) is 1. The van der Waals surface area contributed by atoms with E-state index in [2.05, 4.69) is 28.2 Å². The molecular formula is C13H20BrNO2. The molecule has 0 aliphatic heterocycles. The third-order valence-electron chi connectivity index (χ3n) is 2.76. The zero-order chi connectivity index (χ0) is 12.8. The smallest absolute Gasteiger partial charge is 0.120 e. The molecule has 0 saturated heterocycles. The van der Waals surface area contributed by atoms with E-state index in [4.69, 9.17) is 9.84 Å². The van der Waals surface area contributed by atoms with E-state index in [1.807, 2.05) is 25.1 Å². The molecule has 0 amide bonds. The van der Waals surface area contributed by atoms with Gasteiger partial charge in [0.15, 0.2) is 0 Å². The van der Waals surface area contributed by atoms with Crippen LogP contribution >= 0.6 is 15.9 Å². The van der Waals surface area contributed by atoms with Crippen molar-refractivity contribution in [2.75, 3.05) is 20.3 Å². The van der Waals surface area contributed by atoms with Gasteiger partial charge in [-0.2, -0.15) is 0 Å². The molecule has 0 aliphatic carbocycles. The minimum atomic E-state index is 0.212. The van der Waals surface area contributed by atoms with E-state index >= 15 is 0 Å². The highest BCUT2D eigenvalue weighted by Crippen LogP contribution is 2.27. The molecule has 0 radical (unpaired) electrons. The van der Waals surface area contributed by atoms with E-state index in [9.17, 15) is 0 Å². The van der Waals surface area contributed by atoms with E-state index < -0.39 is 0 Å². The van der Waals surface area contributed by atoms with Gasteiger partial charge in [-0.05, 0) is 30.5 Å². The molecule has 0 bridgehead atoms. The largest absolute Gasteiger partial charge is 0.497 e. The van der Waals surface area contributed by atoms with Gasteiger partial charge in [0, 0.05) is 23.7 Å². The van der Waals surface area contributed by atoms with Crippen molar-refractivity contribution in [1.29, 1.82) is 0 Å². The van der Waals surface area contributed by atoms with Gasteiger partial charge in [-0.1, -0.05) is 28.9 Å². The summed E-state index contributed by atoms with van der Waals surface area (Å²) in [6, 6.07) is 6.20. The van der Waals surface area contributed by atoms with Crippen molar-refractivity contribution in [2.45, 2.75) is 19.9 Å². The first kappa shape index (κ1) is 14.5. The van der Waals surface area contributed by atoms with Crippen LogP contribution in [0.2, 0.25) is 0 Å². The fourth-order valence-electron chi connectivity index (χ4n) is 1.54. The number of methoxy groups -OCH3 is 1. The molecular weight excluding hydrogens is 282 g/mol. The summed E-state index contributed by atoms with van der Waals surface area (Å²) in [5.41, 5.74) is 1.19. The number of aliphatic hydroxyl groups excluding tert-OH is 1. The Morgan fingerprint density at radius 2 is 2.12 bits per heavy atom. The van der Waals surface area contributed by atoms with Crippen molar-refractivity contribution in [3.05, 3.63) is 28.2 Å². The van der Waals surface area contributed by atoms with Gasteiger partial charge in [0.1, 0.15) is 5.75 Å². The van der Waals surface area contributed by atoms with Crippen LogP contribution in [0, 0.1) is 5.92 Å². The zero-order valence-electron chi connectivity index (χ0n) is 10.5. The Kier molecular flexibility index (Phi) is 5.95. The SMILES string of the molecule is COc1ccc(C(C)NCC(C)CO)c(Br)c1. The van der Waals surface area contributed by atoms with Crippen LogP contribution in [0.1, 0.15) is 25.5 Å². The van der Waals surface area contributed by atoms with Crippen LogP contribution in [0.15, 0.2) is 22.7 Å². The molecule has 1 aromatic rings. The Morgan fingerprint density at radius 1 is 1.41 bits per heavy atom. The number of nitrogens with one attached hydrogen (secondary N) is 1. The second kappa shape index (κ2) is 6.99. The first-order valence-corrected chi connectivity index (χ1v) is 6.55. The predicted molar refractivity (Wildman–Crippen MR) is 73.4 cm³/mol. The Bertz CT molecular complexity index is 357. The van der Waals surface area contributed by atoms with Crippen LogP contribution in [-0.2, 0) is 0 Å². The fraction of sp³-hybridized carbons (Fsp3) is 0.538. The maximum atomic E-state index is 8.98. The number of benzene rings is 1. The van der Waals surface area contributed by atoms with Crippen LogP contribution in [0.3, 0.4) is 0 Å². The van der Waals surface area contributed by atoms with Crippen LogP contribution in [-0.4, -0.2) is 25.4 Å². The summed E-state index contributed by atoms with van der Waals surface area (Å²) in [7, 11) is 1.66. The Morgan fingerprint density at radius 3 is 2.65 bits per heavy atom. The van der Waals surface area contributed by atoms with Crippen molar-refractivity contribution in [3.63, 3.8) is 0 Å². The lowest BCUT2D eigenvalue weighted by atomic mass is 10.1. The van der Waals surface area contributed by atoms with Gasteiger partial charge in [0.25, 0.3) is 0 Å². The molecule has 1 rings (SSSR count). The molecule has 0 aromatic heterocycles. The van der Waals surface area contributed by atoms with Crippen molar-refractivity contribution in [3.8, 4) is 5.75 Å². The first-order chi connectivity index (χ1) is 8.08. The van der Waals surface area contributed by atoms with E-state index in [1.165, 1.54) is 5.56 Å². The second-order valence-corrected chi connectivity index (χ2v) is 5.16. The lowest BCUT2D eigenvalue weighted by molar-refractivity contribution is 0.231. The van der Waals surface area contributed by atoms with E-state index in [0.717, 1.165) is 16.8 Å². The van der Waals surface area contributed by atoms with Gasteiger partial charge in [-0.15, -0.1) is 0 Å². The van der Waals surface area contributed by atoms with E-state index in [0.29, 0.717) is 0 Å². The van der Waals surface area contributed by atoms with Crippen molar-refractivity contribution >= 4 is 15.9 Å². The summed E-state index contributed by atoms with van der Waals surface area (Å²) >= 11 is 3.54. The van der Waals surface area contributed by atoms with Crippen LogP contribution < -0.4 is 10.1 Å². The van der Waals surface area contributed by atoms with Crippen LogP contribution in [0.5, 0.6) is 5.75 Å². The molecule has 2 atom stereocenters. The third-order valence-corrected chi connectivity index (χ3v) is 3.45. The quantitative estimate of drug-likeness (QED) is 0.849. The monoisotopic (exact) mass is 301 g/mol. The summed E-state index contributed by atoms with van der Waals surface area (Å²) < 4.78 is 6.20. The van der Waals surface area contributed by atoms with Crippen molar-refractivity contribution in [2.24, 2.45) is 5.92 Å². The molecule has 96 valence electrons. The summed E-state index contributed by atoms with van der Waals surface area (Å²) in [4.78, 5) is 0. The summed E-state index contributed by atoms with van der Waals surface area (Å²) in [6.07, 6.45) is 0. The number of halogens is 1. The molecule has 2 unspecified atom stereocenters. The minimum Gasteiger partial charge on any atom is -0.497 e.